The van der Waals surface area contributed by atoms with Gasteiger partial charge in [0, 0.05) is 17.4 Å². The molecule has 0 heterocycles. The first kappa shape index (κ1) is 19.0. The van der Waals surface area contributed by atoms with Crippen LogP contribution in [-0.2, 0) is 10.1 Å². The van der Waals surface area contributed by atoms with Gasteiger partial charge in [-0.3, -0.25) is 9.28 Å². The number of nitrogens with zero attached hydrogens (tertiary/aromatic N) is 1. The fourth-order valence-corrected chi connectivity index (χ4v) is 1.82. The Labute approximate surface area is 137 Å². The lowest BCUT2D eigenvalue weighted by molar-refractivity contribution is 0.103. The number of quaternary nitrogens is 1. The van der Waals surface area contributed by atoms with Crippen LogP contribution in [0.15, 0.2) is 54.6 Å². The van der Waals surface area contributed by atoms with Crippen molar-refractivity contribution < 1.29 is 17.8 Å². The van der Waals surface area contributed by atoms with Gasteiger partial charge in [-0.15, -0.1) is 0 Å². The number of ketones is 1. The minimum absolute atomic E-state index is 0.0727. The maximum atomic E-state index is 12.2. The molecule has 0 radical (unpaired) electrons. The van der Waals surface area contributed by atoms with E-state index in [1.54, 1.807) is 0 Å². The summed E-state index contributed by atoms with van der Waals surface area (Å²) in [7, 11) is 2.40. The van der Waals surface area contributed by atoms with Crippen LogP contribution in [0.5, 0.6) is 0 Å². The van der Waals surface area contributed by atoms with Gasteiger partial charge in [0.2, 0.25) is 0 Å². The maximum Gasteiger partial charge on any atom is 0.193 e. The van der Waals surface area contributed by atoms with E-state index in [2.05, 4.69) is 21.1 Å². The summed E-state index contributed by atoms with van der Waals surface area (Å²) < 4.78 is 28.0. The van der Waals surface area contributed by atoms with Gasteiger partial charge in [-0.1, -0.05) is 30.3 Å². The first-order valence-corrected chi connectivity index (χ1v) is 8.73. The van der Waals surface area contributed by atoms with Crippen LogP contribution in [0.2, 0.25) is 0 Å². The Morgan fingerprint density at radius 3 is 1.65 bits per heavy atom. The third kappa shape index (κ3) is 7.19. The van der Waals surface area contributed by atoms with Gasteiger partial charge in [-0.2, -0.15) is 0 Å². The molecule has 2 aromatic rings. The molecule has 5 nitrogen and oxygen atoms in total. The van der Waals surface area contributed by atoms with Crippen molar-refractivity contribution in [2.24, 2.45) is 0 Å². The topological polar surface area (TPSA) is 74.3 Å². The minimum atomic E-state index is -3.92. The molecular formula is C17H21NO4S. The number of hydrogen-bond donors (Lipinski definition) is 0. The number of carbonyl (C=O) groups is 1. The van der Waals surface area contributed by atoms with Gasteiger partial charge < -0.3 is 4.55 Å². The molecule has 124 valence electrons. The highest BCUT2D eigenvalue weighted by atomic mass is 32.2. The van der Waals surface area contributed by atoms with E-state index in [1.807, 2.05) is 54.6 Å². The zero-order valence-corrected chi connectivity index (χ0v) is 14.5. The second-order valence-corrected chi connectivity index (χ2v) is 7.37. The molecular weight excluding hydrogens is 314 g/mol. The first-order chi connectivity index (χ1) is 10.5. The quantitative estimate of drug-likeness (QED) is 0.490. The van der Waals surface area contributed by atoms with Crippen LogP contribution in [0, 0.1) is 0 Å². The Bertz CT molecular complexity index is 737. The van der Waals surface area contributed by atoms with Gasteiger partial charge in [-0.05, 0) is 24.3 Å². The molecule has 0 spiro atoms. The number of benzene rings is 2. The smallest absolute Gasteiger partial charge is 0.193 e. The van der Waals surface area contributed by atoms with Crippen LogP contribution in [0.1, 0.15) is 15.9 Å². The highest BCUT2D eigenvalue weighted by molar-refractivity contribution is 7.84. The van der Waals surface area contributed by atoms with Crippen LogP contribution in [0.25, 0.3) is 0 Å². The predicted molar refractivity (Wildman–Crippen MR) is 91.5 cm³/mol. The second kappa shape index (κ2) is 7.50. The largest absolute Gasteiger partial charge is 0.748 e. The summed E-state index contributed by atoms with van der Waals surface area (Å²) in [5.41, 5.74) is 2.65. The molecule has 0 aliphatic carbocycles. The summed E-state index contributed by atoms with van der Waals surface area (Å²) in [5, 5.41) is 0. The van der Waals surface area contributed by atoms with Crippen LogP contribution >= 0.6 is 0 Å². The van der Waals surface area contributed by atoms with Crippen molar-refractivity contribution in [1.29, 1.82) is 0 Å². The average molecular weight is 335 g/mol. The van der Waals surface area contributed by atoms with Crippen molar-refractivity contribution in [3.05, 3.63) is 65.7 Å². The van der Waals surface area contributed by atoms with E-state index in [-0.39, 0.29) is 5.78 Å². The summed E-state index contributed by atoms with van der Waals surface area (Å²) >= 11 is 0. The summed E-state index contributed by atoms with van der Waals surface area (Å²) in [5.74, 6) is 0.0727. The second-order valence-electron chi connectivity index (χ2n) is 5.96. The van der Waals surface area contributed by atoms with Crippen LogP contribution in [-0.4, -0.2) is 46.2 Å². The summed E-state index contributed by atoms with van der Waals surface area (Å²) in [4.78, 5) is 12.2. The molecule has 0 fully saturated rings. The minimum Gasteiger partial charge on any atom is -0.748 e. The first-order valence-electron chi connectivity index (χ1n) is 6.91. The number of rotatable bonds is 3. The van der Waals surface area contributed by atoms with Gasteiger partial charge in [-0.25, -0.2) is 8.42 Å². The van der Waals surface area contributed by atoms with E-state index in [0.717, 1.165) is 15.6 Å². The summed E-state index contributed by atoms with van der Waals surface area (Å²) in [6.45, 7) is 0. The van der Waals surface area contributed by atoms with E-state index in [9.17, 15) is 4.79 Å². The molecule has 0 saturated heterocycles. The Morgan fingerprint density at radius 1 is 0.870 bits per heavy atom. The Morgan fingerprint density at radius 2 is 1.26 bits per heavy atom. The van der Waals surface area contributed by atoms with Gasteiger partial charge in [0.05, 0.1) is 31.3 Å². The lowest BCUT2D eigenvalue weighted by Crippen LogP contribution is -2.34. The number of carbonyl (C=O) groups excluding carboxylic acids is 1. The molecule has 0 bridgehead atoms. The molecule has 0 N–H and O–H groups in total. The van der Waals surface area contributed by atoms with E-state index >= 15 is 0 Å². The van der Waals surface area contributed by atoms with Crippen LogP contribution in [0.3, 0.4) is 0 Å². The lowest BCUT2D eigenvalue weighted by Gasteiger charge is -2.23. The highest BCUT2D eigenvalue weighted by Crippen LogP contribution is 2.18. The summed E-state index contributed by atoms with van der Waals surface area (Å²) in [6, 6.07) is 17.2. The molecule has 2 aromatic carbocycles. The highest BCUT2D eigenvalue weighted by Gasteiger charge is 2.13. The zero-order valence-electron chi connectivity index (χ0n) is 13.7. The van der Waals surface area contributed by atoms with E-state index in [0.29, 0.717) is 6.26 Å². The molecule has 0 saturated carbocycles. The normalized spacial score (nSPS) is 11.3. The Hall–Kier alpha value is -2.02. The van der Waals surface area contributed by atoms with Gasteiger partial charge in [0.15, 0.2) is 5.78 Å². The Kier molecular flexibility index (Phi) is 6.20. The van der Waals surface area contributed by atoms with Gasteiger partial charge >= 0.3 is 0 Å². The van der Waals surface area contributed by atoms with Crippen molar-refractivity contribution in [1.82, 2.24) is 4.48 Å². The van der Waals surface area contributed by atoms with Gasteiger partial charge in [0.25, 0.3) is 0 Å². The van der Waals surface area contributed by atoms with Crippen molar-refractivity contribution in [2.75, 3.05) is 27.4 Å². The monoisotopic (exact) mass is 335 g/mol. The molecule has 0 unspecified atom stereocenters. The molecule has 0 aromatic heterocycles. The van der Waals surface area contributed by atoms with Crippen LogP contribution in [0.4, 0.5) is 5.69 Å². The average Bonchev–Trinajstić information content (AvgIpc) is 2.45. The van der Waals surface area contributed by atoms with Crippen LogP contribution < -0.4 is 4.48 Å². The molecule has 2 rings (SSSR count). The maximum absolute atomic E-state index is 12.2. The fraction of sp³-hybridized carbons (Fsp3) is 0.235. The molecule has 23 heavy (non-hydrogen) atoms. The van der Waals surface area contributed by atoms with E-state index < -0.39 is 10.1 Å². The predicted octanol–water partition coefficient (Wildman–Crippen LogP) is 2.28. The molecule has 0 aliphatic rings. The molecule has 0 aliphatic heterocycles. The molecule has 0 amide bonds. The van der Waals surface area contributed by atoms with Crippen molar-refractivity contribution in [2.45, 2.75) is 0 Å². The zero-order chi connectivity index (χ0) is 17.7. The third-order valence-corrected chi connectivity index (χ3v) is 2.94. The lowest BCUT2D eigenvalue weighted by atomic mass is 10.0. The SMILES string of the molecule is CS(=O)(=O)[O-].C[N+](C)(C)c1ccc(C(=O)c2ccccc2)cc1. The standard InChI is InChI=1S/C16H18NO.CH4O3S/c1-17(2,3)15-11-9-14(10-12-15)16(18)13-7-5-4-6-8-13;1-5(2,3)4/h4-12H,1-3H3;1H3,(H,2,3,4)/q+1;/p-1. The van der Waals surface area contributed by atoms with Crippen molar-refractivity contribution in [3.63, 3.8) is 0 Å². The van der Waals surface area contributed by atoms with Gasteiger partial charge in [0.1, 0.15) is 5.69 Å². The number of hydrogen-bond acceptors (Lipinski definition) is 4. The fourth-order valence-electron chi connectivity index (χ4n) is 1.82. The third-order valence-electron chi connectivity index (χ3n) is 2.94. The van der Waals surface area contributed by atoms with Crippen molar-refractivity contribution in [3.8, 4) is 0 Å². The molecule has 6 heteroatoms. The Balaban J connectivity index is 0.000000463. The van der Waals surface area contributed by atoms with E-state index in [1.165, 1.54) is 5.69 Å². The van der Waals surface area contributed by atoms with E-state index in [4.69, 9.17) is 13.0 Å². The molecule has 0 atom stereocenters. The van der Waals surface area contributed by atoms with Crippen molar-refractivity contribution >= 4 is 21.6 Å². The summed E-state index contributed by atoms with van der Waals surface area (Å²) in [6.07, 6.45) is 0.604.